The van der Waals surface area contributed by atoms with E-state index in [1.165, 1.54) is 7.11 Å². The molecule has 33 heavy (non-hydrogen) atoms. The molecule has 0 aromatic heterocycles. The summed E-state index contributed by atoms with van der Waals surface area (Å²) in [7, 11) is 1.54. The summed E-state index contributed by atoms with van der Waals surface area (Å²) in [5.41, 5.74) is 2.57. The molecule has 9 nitrogen and oxygen atoms in total. The van der Waals surface area contributed by atoms with Crippen molar-refractivity contribution < 1.29 is 23.9 Å². The highest BCUT2D eigenvalue weighted by Crippen LogP contribution is 2.22. The van der Waals surface area contributed by atoms with Crippen molar-refractivity contribution in [3.8, 4) is 5.75 Å². The van der Waals surface area contributed by atoms with Crippen LogP contribution in [0.1, 0.15) is 30.0 Å². The van der Waals surface area contributed by atoms with Crippen molar-refractivity contribution >= 4 is 23.6 Å². The lowest BCUT2D eigenvalue weighted by atomic mass is 10.1. The first-order valence-corrected chi connectivity index (χ1v) is 10.6. The number of para-hydroxylation sites is 1. The van der Waals surface area contributed by atoms with E-state index in [0.29, 0.717) is 12.3 Å². The molecule has 176 valence electrons. The number of benzene rings is 2. The number of methoxy groups -OCH3 is 1. The lowest BCUT2D eigenvalue weighted by Gasteiger charge is -2.17. The summed E-state index contributed by atoms with van der Waals surface area (Å²) in [5.74, 6) is -1.49. The molecule has 0 bridgehead atoms. The van der Waals surface area contributed by atoms with E-state index in [2.05, 4.69) is 21.3 Å². The second kappa shape index (κ2) is 12.8. The zero-order valence-corrected chi connectivity index (χ0v) is 19.1. The first-order valence-electron chi connectivity index (χ1n) is 10.6. The Bertz CT molecular complexity index is 978. The van der Waals surface area contributed by atoms with Crippen LogP contribution in [0.5, 0.6) is 5.75 Å². The van der Waals surface area contributed by atoms with E-state index in [9.17, 15) is 19.2 Å². The summed E-state index contributed by atoms with van der Waals surface area (Å²) in [4.78, 5) is 48.9. The molecule has 4 N–H and O–H groups in total. The fraction of sp³-hybridized carbons (Fsp3) is 0.333. The summed E-state index contributed by atoms with van der Waals surface area (Å²) in [6, 6.07) is 13.3. The Hall–Kier alpha value is -3.88. The molecule has 0 aliphatic heterocycles. The monoisotopic (exact) mass is 454 g/mol. The van der Waals surface area contributed by atoms with Crippen LogP contribution >= 0.6 is 0 Å². The van der Waals surface area contributed by atoms with Crippen LogP contribution in [-0.4, -0.2) is 43.3 Å². The molecule has 0 aliphatic rings. The highest BCUT2D eigenvalue weighted by Gasteiger charge is 2.25. The predicted molar refractivity (Wildman–Crippen MR) is 123 cm³/mol. The molecule has 0 saturated heterocycles. The van der Waals surface area contributed by atoms with Crippen LogP contribution in [0, 0.1) is 6.92 Å². The third kappa shape index (κ3) is 7.95. The summed E-state index contributed by atoms with van der Waals surface area (Å²) >= 11 is 0. The largest absolute Gasteiger partial charge is 0.496 e. The Labute approximate surface area is 193 Å². The van der Waals surface area contributed by atoms with Crippen LogP contribution in [0.3, 0.4) is 0 Å². The van der Waals surface area contributed by atoms with Crippen molar-refractivity contribution in [3.05, 3.63) is 65.2 Å². The van der Waals surface area contributed by atoms with Crippen LogP contribution in [0.15, 0.2) is 48.5 Å². The Kier molecular flexibility index (Phi) is 9.88. The number of rotatable bonds is 11. The van der Waals surface area contributed by atoms with Crippen molar-refractivity contribution in [2.75, 3.05) is 13.7 Å². The maximum atomic E-state index is 12.5. The SMILES string of the molecule is CCC(NC(=O)CNC(=O)NCc1ccccc1)C(=O)C(=O)NCc1cccc(C)c1OC. The topological polar surface area (TPSA) is 126 Å². The molecule has 1 unspecified atom stereocenters. The van der Waals surface area contributed by atoms with Crippen molar-refractivity contribution in [3.63, 3.8) is 0 Å². The average Bonchev–Trinajstić information content (AvgIpc) is 2.83. The van der Waals surface area contributed by atoms with Gasteiger partial charge in [-0.15, -0.1) is 0 Å². The van der Waals surface area contributed by atoms with E-state index in [0.717, 1.165) is 16.7 Å². The highest BCUT2D eigenvalue weighted by molar-refractivity contribution is 6.38. The van der Waals surface area contributed by atoms with Crippen LogP contribution in [-0.2, 0) is 27.5 Å². The summed E-state index contributed by atoms with van der Waals surface area (Å²) in [6.07, 6.45) is 0.228. The van der Waals surface area contributed by atoms with E-state index in [1.807, 2.05) is 49.4 Å². The quantitative estimate of drug-likeness (QED) is 0.384. The van der Waals surface area contributed by atoms with Gasteiger partial charge in [0.1, 0.15) is 5.75 Å². The zero-order valence-electron chi connectivity index (χ0n) is 19.1. The summed E-state index contributed by atoms with van der Waals surface area (Å²) < 4.78 is 5.35. The van der Waals surface area contributed by atoms with Gasteiger partial charge in [-0.05, 0) is 24.5 Å². The molecule has 2 aromatic carbocycles. The molecule has 0 saturated carbocycles. The normalized spacial score (nSPS) is 11.1. The molecular formula is C24H30N4O5. The second-order valence-corrected chi connectivity index (χ2v) is 7.36. The van der Waals surface area contributed by atoms with Crippen molar-refractivity contribution in [1.29, 1.82) is 0 Å². The first kappa shape index (κ1) is 25.4. The number of hydrogen-bond acceptors (Lipinski definition) is 5. The van der Waals surface area contributed by atoms with Gasteiger partial charge in [0, 0.05) is 18.7 Å². The number of carbonyl (C=O) groups is 4. The fourth-order valence-corrected chi connectivity index (χ4v) is 3.17. The van der Waals surface area contributed by atoms with Gasteiger partial charge in [0.25, 0.3) is 5.91 Å². The number of ether oxygens (including phenoxy) is 1. The lowest BCUT2D eigenvalue weighted by Crippen LogP contribution is -2.50. The number of amides is 4. The number of nitrogens with one attached hydrogen (secondary N) is 4. The van der Waals surface area contributed by atoms with Crippen LogP contribution < -0.4 is 26.0 Å². The van der Waals surface area contributed by atoms with Crippen molar-refractivity contribution in [2.45, 2.75) is 39.4 Å². The molecule has 0 radical (unpaired) electrons. The molecule has 9 heteroatoms. The van der Waals surface area contributed by atoms with Crippen molar-refractivity contribution in [1.82, 2.24) is 21.3 Å². The Balaban J connectivity index is 1.79. The Morgan fingerprint density at radius 2 is 1.64 bits per heavy atom. The number of carbonyl (C=O) groups excluding carboxylic acids is 4. The molecule has 0 fully saturated rings. The van der Waals surface area contributed by atoms with Crippen LogP contribution in [0.2, 0.25) is 0 Å². The molecule has 0 aliphatic carbocycles. The van der Waals surface area contributed by atoms with E-state index in [1.54, 1.807) is 13.0 Å². The van der Waals surface area contributed by atoms with Gasteiger partial charge in [-0.1, -0.05) is 55.5 Å². The Morgan fingerprint density at radius 1 is 0.909 bits per heavy atom. The molecular weight excluding hydrogens is 424 g/mol. The second-order valence-electron chi connectivity index (χ2n) is 7.36. The lowest BCUT2D eigenvalue weighted by molar-refractivity contribution is -0.140. The molecule has 2 rings (SSSR count). The minimum absolute atomic E-state index is 0.114. The van der Waals surface area contributed by atoms with Gasteiger partial charge >= 0.3 is 6.03 Å². The number of ketones is 1. The van der Waals surface area contributed by atoms with Crippen LogP contribution in [0.4, 0.5) is 4.79 Å². The number of Topliss-reactive ketones (excluding diaryl/α,β-unsaturated/α-hetero) is 1. The van der Waals surface area contributed by atoms with Gasteiger partial charge in [0.2, 0.25) is 11.7 Å². The van der Waals surface area contributed by atoms with E-state index in [-0.39, 0.29) is 19.5 Å². The van der Waals surface area contributed by atoms with E-state index < -0.39 is 29.7 Å². The van der Waals surface area contributed by atoms with Crippen molar-refractivity contribution in [2.24, 2.45) is 0 Å². The number of urea groups is 1. The van der Waals surface area contributed by atoms with Crippen LogP contribution in [0.25, 0.3) is 0 Å². The van der Waals surface area contributed by atoms with E-state index >= 15 is 0 Å². The van der Waals surface area contributed by atoms with Gasteiger partial charge in [0.05, 0.1) is 19.7 Å². The first-order chi connectivity index (χ1) is 15.8. The molecule has 0 spiro atoms. The van der Waals surface area contributed by atoms with Gasteiger partial charge in [-0.25, -0.2) is 4.79 Å². The predicted octanol–water partition coefficient (Wildman–Crippen LogP) is 1.58. The average molecular weight is 455 g/mol. The van der Waals surface area contributed by atoms with Gasteiger partial charge in [-0.2, -0.15) is 0 Å². The molecule has 0 heterocycles. The molecule has 1 atom stereocenters. The minimum Gasteiger partial charge on any atom is -0.496 e. The Morgan fingerprint density at radius 3 is 2.30 bits per heavy atom. The fourth-order valence-electron chi connectivity index (χ4n) is 3.17. The highest BCUT2D eigenvalue weighted by atomic mass is 16.5. The molecule has 2 aromatic rings. The standard InChI is InChI=1S/C24H30N4O5/c1-4-19(21(30)23(31)25-14-18-12-8-9-16(2)22(18)33-3)28-20(29)15-27-24(32)26-13-17-10-6-5-7-11-17/h5-12,19H,4,13-15H2,1-3H3,(H,25,31)(H,28,29)(H2,26,27,32). The van der Waals surface area contributed by atoms with Gasteiger partial charge < -0.3 is 26.0 Å². The van der Waals surface area contributed by atoms with Gasteiger partial charge in [0.15, 0.2) is 0 Å². The van der Waals surface area contributed by atoms with Gasteiger partial charge in [-0.3, -0.25) is 14.4 Å². The number of hydrogen-bond donors (Lipinski definition) is 4. The summed E-state index contributed by atoms with van der Waals surface area (Å²) in [5, 5.41) is 10.1. The summed E-state index contributed by atoms with van der Waals surface area (Å²) in [6.45, 7) is 3.67. The maximum absolute atomic E-state index is 12.5. The minimum atomic E-state index is -0.994. The molecule has 4 amide bonds. The van der Waals surface area contributed by atoms with E-state index in [4.69, 9.17) is 4.74 Å². The zero-order chi connectivity index (χ0) is 24.2. The third-order valence-corrected chi connectivity index (χ3v) is 4.93. The third-order valence-electron chi connectivity index (χ3n) is 4.93. The number of aryl methyl sites for hydroxylation is 1. The maximum Gasteiger partial charge on any atom is 0.315 e. The smallest absolute Gasteiger partial charge is 0.315 e.